The molecule has 2 aromatic rings. The second kappa shape index (κ2) is 4.04. The van der Waals surface area contributed by atoms with Crippen molar-refractivity contribution >= 4 is 22.5 Å². The Balaban J connectivity index is 2.95. The van der Waals surface area contributed by atoms with Gasteiger partial charge in [0.25, 0.3) is 0 Å². The number of fused-ring (bicyclic) bond motifs is 1. The van der Waals surface area contributed by atoms with Gasteiger partial charge in [-0.25, -0.2) is 0 Å². The van der Waals surface area contributed by atoms with E-state index in [1.165, 1.54) is 0 Å². The molecule has 1 atom stereocenters. The monoisotopic (exact) mass is 235 g/mol. The summed E-state index contributed by atoms with van der Waals surface area (Å²) >= 11 is 6.18. The molecule has 0 saturated heterocycles. The third kappa shape index (κ3) is 1.79. The van der Waals surface area contributed by atoms with Crippen molar-refractivity contribution in [2.75, 3.05) is 0 Å². The normalized spacial score (nSPS) is 13.1. The molecule has 1 aromatic carbocycles. The molecular weight excluding hydrogens is 222 g/mol. The zero-order valence-corrected chi connectivity index (χ0v) is 10.3. The van der Waals surface area contributed by atoms with E-state index in [4.69, 9.17) is 11.6 Å². The maximum Gasteiger partial charge on any atom is 0.0769 e. The van der Waals surface area contributed by atoms with Crippen LogP contribution in [0.4, 0.5) is 0 Å². The highest BCUT2D eigenvalue weighted by Crippen LogP contribution is 2.31. The lowest BCUT2D eigenvalue weighted by molar-refractivity contribution is 0.200. The van der Waals surface area contributed by atoms with Crippen LogP contribution in [0.15, 0.2) is 18.2 Å². The van der Waals surface area contributed by atoms with Gasteiger partial charge in [-0.2, -0.15) is 0 Å². The second-order valence-electron chi connectivity index (χ2n) is 4.12. The molecule has 0 saturated carbocycles. The Hall–Kier alpha value is -1.12. The van der Waals surface area contributed by atoms with Crippen molar-refractivity contribution < 1.29 is 5.11 Å². The molecule has 84 valence electrons. The van der Waals surface area contributed by atoms with Gasteiger partial charge < -0.3 is 5.11 Å². The van der Waals surface area contributed by atoms with Crippen molar-refractivity contribution in [3.8, 4) is 0 Å². The van der Waals surface area contributed by atoms with E-state index in [0.717, 1.165) is 27.7 Å². The van der Waals surface area contributed by atoms with Gasteiger partial charge in [-0.1, -0.05) is 17.7 Å². The smallest absolute Gasteiger partial charge is 0.0769 e. The van der Waals surface area contributed by atoms with E-state index in [1.807, 2.05) is 32.0 Å². The predicted molar refractivity (Wildman–Crippen MR) is 66.9 cm³/mol. The average Bonchev–Trinajstić information content (AvgIpc) is 2.22. The molecule has 0 fully saturated rings. The van der Waals surface area contributed by atoms with Crippen molar-refractivity contribution in [3.63, 3.8) is 0 Å². The summed E-state index contributed by atoms with van der Waals surface area (Å²) in [6.07, 6.45) is -0.538. The van der Waals surface area contributed by atoms with Gasteiger partial charge in [0.05, 0.1) is 16.6 Å². The first-order valence-corrected chi connectivity index (χ1v) is 5.63. The van der Waals surface area contributed by atoms with Crippen molar-refractivity contribution in [3.05, 3.63) is 40.0 Å². The van der Waals surface area contributed by atoms with E-state index in [1.54, 1.807) is 6.92 Å². The Morgan fingerprint density at radius 2 is 2.00 bits per heavy atom. The molecule has 2 nitrogen and oxygen atoms in total. The van der Waals surface area contributed by atoms with E-state index in [-0.39, 0.29) is 0 Å². The number of halogens is 1. The van der Waals surface area contributed by atoms with Crippen LogP contribution in [-0.4, -0.2) is 10.1 Å². The van der Waals surface area contributed by atoms with Crippen molar-refractivity contribution in [1.29, 1.82) is 0 Å². The summed E-state index contributed by atoms with van der Waals surface area (Å²) in [6.45, 7) is 5.66. The van der Waals surface area contributed by atoms with Crippen LogP contribution in [0.25, 0.3) is 10.9 Å². The summed E-state index contributed by atoms with van der Waals surface area (Å²) in [7, 11) is 0. The minimum absolute atomic E-state index is 0.538. The molecule has 1 unspecified atom stereocenters. The SMILES string of the molecule is Cc1cc(C(C)O)c2c(Cl)ccc(C)c2n1. The average molecular weight is 236 g/mol. The number of aliphatic hydroxyl groups is 1. The topological polar surface area (TPSA) is 33.1 Å². The molecule has 2 rings (SSSR count). The Labute approximate surface area is 99.9 Å². The maximum atomic E-state index is 9.78. The number of aryl methyl sites for hydroxylation is 2. The summed E-state index contributed by atoms with van der Waals surface area (Å²) < 4.78 is 0. The minimum atomic E-state index is -0.538. The van der Waals surface area contributed by atoms with Gasteiger partial charge in [-0.3, -0.25) is 4.98 Å². The number of nitrogens with zero attached hydrogens (tertiary/aromatic N) is 1. The summed E-state index contributed by atoms with van der Waals surface area (Å²) in [5.41, 5.74) is 3.69. The largest absolute Gasteiger partial charge is 0.389 e. The van der Waals surface area contributed by atoms with Crippen LogP contribution in [0.3, 0.4) is 0 Å². The van der Waals surface area contributed by atoms with Crippen LogP contribution in [0, 0.1) is 13.8 Å². The zero-order valence-electron chi connectivity index (χ0n) is 9.58. The van der Waals surface area contributed by atoms with Crippen molar-refractivity contribution in [2.45, 2.75) is 26.9 Å². The van der Waals surface area contributed by atoms with E-state index >= 15 is 0 Å². The van der Waals surface area contributed by atoms with Gasteiger partial charge >= 0.3 is 0 Å². The van der Waals surface area contributed by atoms with Crippen LogP contribution in [0.2, 0.25) is 5.02 Å². The van der Waals surface area contributed by atoms with E-state index in [0.29, 0.717) is 5.02 Å². The summed E-state index contributed by atoms with van der Waals surface area (Å²) in [4.78, 5) is 4.48. The molecule has 0 bridgehead atoms. The third-order valence-electron chi connectivity index (χ3n) is 2.72. The molecule has 1 heterocycles. The van der Waals surface area contributed by atoms with Gasteiger partial charge in [0.2, 0.25) is 0 Å². The van der Waals surface area contributed by atoms with Crippen LogP contribution in [0.5, 0.6) is 0 Å². The number of aromatic nitrogens is 1. The first-order chi connectivity index (χ1) is 7.50. The molecule has 1 aromatic heterocycles. The Kier molecular flexibility index (Phi) is 2.87. The lowest BCUT2D eigenvalue weighted by Gasteiger charge is -2.13. The lowest BCUT2D eigenvalue weighted by Crippen LogP contribution is -1.98. The maximum absolute atomic E-state index is 9.78. The second-order valence-corrected chi connectivity index (χ2v) is 4.52. The quantitative estimate of drug-likeness (QED) is 0.820. The third-order valence-corrected chi connectivity index (χ3v) is 3.04. The van der Waals surface area contributed by atoms with Crippen LogP contribution in [-0.2, 0) is 0 Å². The minimum Gasteiger partial charge on any atom is -0.389 e. The number of pyridine rings is 1. The lowest BCUT2D eigenvalue weighted by atomic mass is 10.0. The number of rotatable bonds is 1. The Morgan fingerprint density at radius 3 is 2.62 bits per heavy atom. The van der Waals surface area contributed by atoms with E-state index in [2.05, 4.69) is 4.98 Å². The fraction of sp³-hybridized carbons (Fsp3) is 0.308. The summed E-state index contributed by atoms with van der Waals surface area (Å²) in [5.74, 6) is 0. The molecule has 3 heteroatoms. The summed E-state index contributed by atoms with van der Waals surface area (Å²) in [6, 6.07) is 5.68. The molecule has 0 spiro atoms. The number of aliphatic hydroxyl groups excluding tert-OH is 1. The molecule has 0 aliphatic carbocycles. The van der Waals surface area contributed by atoms with Gasteiger partial charge in [0, 0.05) is 11.1 Å². The summed E-state index contributed by atoms with van der Waals surface area (Å²) in [5, 5.41) is 11.3. The van der Waals surface area contributed by atoms with Gasteiger partial charge in [0.1, 0.15) is 0 Å². The molecule has 1 N–H and O–H groups in total. The van der Waals surface area contributed by atoms with Crippen LogP contribution in [0.1, 0.15) is 29.8 Å². The first-order valence-electron chi connectivity index (χ1n) is 5.25. The number of benzene rings is 1. The Bertz CT molecular complexity index is 549. The van der Waals surface area contributed by atoms with E-state index < -0.39 is 6.10 Å². The van der Waals surface area contributed by atoms with Crippen molar-refractivity contribution in [1.82, 2.24) is 4.98 Å². The number of hydrogen-bond acceptors (Lipinski definition) is 2. The predicted octanol–water partition coefficient (Wildman–Crippen LogP) is 3.56. The van der Waals surface area contributed by atoms with Crippen LogP contribution >= 0.6 is 11.6 Å². The fourth-order valence-electron chi connectivity index (χ4n) is 1.92. The van der Waals surface area contributed by atoms with Gasteiger partial charge in [-0.05, 0) is 44.0 Å². The fourth-order valence-corrected chi connectivity index (χ4v) is 2.19. The number of hydrogen-bond donors (Lipinski definition) is 1. The molecule has 0 aliphatic heterocycles. The first kappa shape index (κ1) is 11.4. The zero-order chi connectivity index (χ0) is 11.9. The highest BCUT2D eigenvalue weighted by Gasteiger charge is 2.13. The molecule has 0 aliphatic rings. The van der Waals surface area contributed by atoms with Crippen LogP contribution < -0.4 is 0 Å². The molecule has 0 radical (unpaired) electrons. The van der Waals surface area contributed by atoms with E-state index in [9.17, 15) is 5.11 Å². The molecular formula is C13H14ClNO. The van der Waals surface area contributed by atoms with Gasteiger partial charge in [-0.15, -0.1) is 0 Å². The Morgan fingerprint density at radius 1 is 1.31 bits per heavy atom. The molecule has 0 amide bonds. The van der Waals surface area contributed by atoms with Crippen molar-refractivity contribution in [2.24, 2.45) is 0 Å². The van der Waals surface area contributed by atoms with Gasteiger partial charge in [0.15, 0.2) is 0 Å². The highest BCUT2D eigenvalue weighted by atomic mass is 35.5. The molecule has 16 heavy (non-hydrogen) atoms. The standard InChI is InChI=1S/C13H14ClNO/c1-7-4-5-11(14)12-10(9(3)16)6-8(2)15-13(7)12/h4-6,9,16H,1-3H3. The highest BCUT2D eigenvalue weighted by molar-refractivity contribution is 6.35.